The second-order valence-corrected chi connectivity index (χ2v) is 27.1. The minimum atomic E-state index is -1.72. The van der Waals surface area contributed by atoms with Gasteiger partial charge in [-0.1, -0.05) is 146 Å². The van der Waals surface area contributed by atoms with Crippen molar-refractivity contribution < 1.29 is 9.13 Å². The molecule has 0 radical (unpaired) electrons. The van der Waals surface area contributed by atoms with E-state index >= 15 is 0 Å². The van der Waals surface area contributed by atoms with E-state index in [0.29, 0.717) is 17.8 Å². The lowest BCUT2D eigenvalue weighted by Crippen LogP contribution is -2.54. The van der Waals surface area contributed by atoms with Crippen LogP contribution in [-0.4, -0.2) is 12.6 Å². The van der Waals surface area contributed by atoms with Crippen molar-refractivity contribution in [1.29, 1.82) is 0 Å². The van der Waals surface area contributed by atoms with Gasteiger partial charge in [-0.05, 0) is 111 Å². The summed E-state index contributed by atoms with van der Waals surface area (Å²) < 4.78 is 10.6. The number of imidazole rings is 1. The van der Waals surface area contributed by atoms with Gasteiger partial charge in [0.2, 0.25) is 5.69 Å². The van der Waals surface area contributed by atoms with Crippen LogP contribution in [0, 0.1) is 11.8 Å². The van der Waals surface area contributed by atoms with Crippen LogP contribution in [0.1, 0.15) is 82.5 Å². The fraction of sp³-hybridized carbons (Fsp3) is 0.279. The molecule has 0 N–H and O–H groups in total. The van der Waals surface area contributed by atoms with Crippen molar-refractivity contribution >= 4 is 88.7 Å². The van der Waals surface area contributed by atoms with E-state index in [2.05, 4.69) is 202 Å². The molecule has 0 amide bonds. The summed E-state index contributed by atoms with van der Waals surface area (Å²) in [5.41, 5.74) is 14.6. The van der Waals surface area contributed by atoms with E-state index in [0.717, 1.165) is 37.8 Å². The summed E-state index contributed by atoms with van der Waals surface area (Å²) in [5.74, 6) is 2.40. The maximum absolute atomic E-state index is 5.18. The molecule has 0 spiro atoms. The summed E-state index contributed by atoms with van der Waals surface area (Å²) in [5, 5.41) is 9.51. The summed E-state index contributed by atoms with van der Waals surface area (Å²) in [6.07, 6.45) is 9.53. The molecule has 6 aromatic carbocycles. The van der Waals surface area contributed by atoms with Crippen LogP contribution >= 0.6 is 11.3 Å². The third kappa shape index (κ3) is 6.71. The second-order valence-electron chi connectivity index (χ2n) is 20.9. The lowest BCUT2D eigenvalue weighted by molar-refractivity contribution is -0.719. The van der Waals surface area contributed by atoms with Crippen LogP contribution in [0.15, 0.2) is 146 Å². The molecule has 0 saturated heterocycles. The zero-order chi connectivity index (χ0) is 45.8. The smallest absolute Gasteiger partial charge is 0.195 e. The molecule has 3 nitrogen and oxygen atoms in total. The Kier molecular flexibility index (Phi) is 10.5. The van der Waals surface area contributed by atoms with Gasteiger partial charge in [-0.2, -0.15) is 13.7 Å². The van der Waals surface area contributed by atoms with Crippen molar-refractivity contribution in [2.45, 2.75) is 98.3 Å². The highest BCUT2D eigenvalue weighted by atomic mass is 32.1. The molecule has 0 saturated carbocycles. The number of nitrogens with zero attached hydrogens (tertiary/aromatic N) is 3. The largest absolute Gasteiger partial charge is 0.300 e. The molecular formula is C61H63N3SSi+2. The molecule has 5 heteroatoms. The van der Waals surface area contributed by atoms with Crippen LogP contribution in [0.5, 0.6) is 0 Å². The molecule has 2 unspecified atom stereocenters. The van der Waals surface area contributed by atoms with Crippen LogP contribution in [-0.2, 0) is 12.8 Å². The van der Waals surface area contributed by atoms with Crippen molar-refractivity contribution in [3.63, 3.8) is 0 Å². The summed E-state index contributed by atoms with van der Waals surface area (Å²) in [6, 6.07) is 44.6. The van der Waals surface area contributed by atoms with Crippen LogP contribution in [0.4, 0.5) is 0 Å². The first-order valence-electron chi connectivity index (χ1n) is 24.4. The Hall–Kier alpha value is -5.88. The minimum absolute atomic E-state index is 0.199. The van der Waals surface area contributed by atoms with E-state index in [1.807, 2.05) is 11.3 Å². The monoisotopic (exact) mass is 897 g/mol. The Bertz CT molecular complexity index is 3510. The zero-order valence-corrected chi connectivity index (χ0v) is 41.9. The maximum Gasteiger partial charge on any atom is 0.300 e. The van der Waals surface area contributed by atoms with Gasteiger partial charge < -0.3 is 0 Å². The van der Waals surface area contributed by atoms with Gasteiger partial charge in [-0.3, -0.25) is 0 Å². The number of benzene rings is 6. The van der Waals surface area contributed by atoms with Crippen LogP contribution < -0.4 is 14.3 Å². The molecule has 2 aliphatic rings. The third-order valence-corrected chi connectivity index (χ3v) is 18.2. The fourth-order valence-corrected chi connectivity index (χ4v) is 15.0. The van der Waals surface area contributed by atoms with Crippen molar-refractivity contribution in [1.82, 2.24) is 4.57 Å². The Balaban J connectivity index is 1.24. The van der Waals surface area contributed by atoms with E-state index in [4.69, 9.17) is 6.58 Å². The van der Waals surface area contributed by atoms with E-state index in [1.165, 1.54) is 103 Å². The van der Waals surface area contributed by atoms with Crippen LogP contribution in [0.25, 0.3) is 86.8 Å². The molecule has 2 aliphatic heterocycles. The summed E-state index contributed by atoms with van der Waals surface area (Å²) in [7, 11) is -1.72. The average Bonchev–Trinajstić information content (AvgIpc) is 3.84. The SMILES string of the molecule is C=C/C(=C(\CC)n1c2[n+](c3ccccc31)C(=C)CC1C(CCc3cc4sc5ccc6c7ccccc7ccc6c5c4cc3-2)c2ccccc2-c2cc(CC(C)C)c([Si](C)(C)C)c[n+]21)C(C)C. The third-order valence-electron chi connectivity index (χ3n) is 15.0. The van der Waals surface area contributed by atoms with E-state index < -0.39 is 8.07 Å². The first-order chi connectivity index (χ1) is 31.9. The maximum atomic E-state index is 5.18. The van der Waals surface area contributed by atoms with Crippen LogP contribution in [0.2, 0.25) is 19.6 Å². The van der Waals surface area contributed by atoms with Crippen molar-refractivity contribution in [2.24, 2.45) is 11.8 Å². The molecule has 0 bridgehead atoms. The summed E-state index contributed by atoms with van der Waals surface area (Å²) in [6.45, 7) is 28.9. The number of aryl methyl sites for hydroxylation is 1. The second kappa shape index (κ2) is 16.2. The highest BCUT2D eigenvalue weighted by molar-refractivity contribution is 7.26. The van der Waals surface area contributed by atoms with E-state index in [-0.39, 0.29) is 6.04 Å². The quantitative estimate of drug-likeness (QED) is 0.0654. The Morgan fingerprint density at radius 3 is 2.35 bits per heavy atom. The predicted molar refractivity (Wildman–Crippen MR) is 288 cm³/mol. The predicted octanol–water partition coefficient (Wildman–Crippen LogP) is 15.6. The van der Waals surface area contributed by atoms with Gasteiger partial charge in [0.25, 0.3) is 5.82 Å². The summed E-state index contributed by atoms with van der Waals surface area (Å²) in [4.78, 5) is 0. The van der Waals surface area contributed by atoms with Gasteiger partial charge in [0.1, 0.15) is 11.4 Å². The minimum Gasteiger partial charge on any atom is -0.195 e. The van der Waals surface area contributed by atoms with Crippen molar-refractivity contribution in [3.05, 3.63) is 163 Å². The molecule has 9 aromatic rings. The lowest BCUT2D eigenvalue weighted by atomic mass is 9.77. The van der Waals surface area contributed by atoms with Crippen molar-refractivity contribution in [3.8, 4) is 22.6 Å². The number of aromatic nitrogens is 3. The molecule has 66 heavy (non-hydrogen) atoms. The number of fused-ring (bicyclic) bond motifs is 18. The number of thiophene rings is 1. The van der Waals surface area contributed by atoms with Gasteiger partial charge in [-0.15, -0.1) is 11.3 Å². The van der Waals surface area contributed by atoms with Gasteiger partial charge in [0, 0.05) is 49.3 Å². The Labute approximate surface area is 396 Å². The number of hydrogen-bond donors (Lipinski definition) is 0. The highest BCUT2D eigenvalue weighted by Crippen LogP contribution is 2.48. The number of pyridine rings is 1. The normalized spacial score (nSPS) is 16.7. The Morgan fingerprint density at radius 1 is 0.818 bits per heavy atom. The van der Waals surface area contributed by atoms with Crippen molar-refractivity contribution in [2.75, 3.05) is 0 Å². The number of para-hydroxylation sites is 2. The van der Waals surface area contributed by atoms with E-state index in [1.54, 1.807) is 5.19 Å². The first kappa shape index (κ1) is 42.7. The highest BCUT2D eigenvalue weighted by Gasteiger charge is 2.45. The molecule has 2 atom stereocenters. The first-order valence-corrected chi connectivity index (χ1v) is 28.7. The molecular weight excluding hydrogens is 835 g/mol. The summed E-state index contributed by atoms with van der Waals surface area (Å²) >= 11 is 1.95. The molecule has 11 rings (SSSR count). The molecule has 0 fully saturated rings. The molecule has 0 aliphatic carbocycles. The molecule has 330 valence electrons. The standard InChI is InChI=1S/C61H63N3SSi/c1-11-43(38(5)6)52(12-2)64-54-24-18-17-23-53(54)63-39(7)32-55-48(45-21-15-16-22-47(45)56-33-42(31-37(3)4)59(36-62(55)56)66(8,9)10)27-26-41-34-58-51(35-50(41)61(63)64)60-49-28-25-40-19-13-14-20-44(40)46(49)29-30-57(60)65-58/h11,13-25,28-30,33-38,48,55H,1,7,12,26-27,31-32H2,2-6,8-10H3/q+2/b52-43-. The zero-order valence-electron chi connectivity index (χ0n) is 40.1. The van der Waals surface area contributed by atoms with Gasteiger partial charge >= 0.3 is 0 Å². The molecule has 3 aromatic heterocycles. The number of allylic oxidation sites excluding steroid dienone is 4. The Morgan fingerprint density at radius 2 is 1.58 bits per heavy atom. The fourth-order valence-electron chi connectivity index (χ4n) is 12.1. The number of rotatable bonds is 7. The number of hydrogen-bond acceptors (Lipinski definition) is 1. The lowest BCUT2D eigenvalue weighted by Gasteiger charge is -2.33. The topological polar surface area (TPSA) is 12.7 Å². The van der Waals surface area contributed by atoms with Gasteiger partial charge in [-0.25, -0.2) is 0 Å². The molecule has 5 heterocycles. The van der Waals surface area contributed by atoms with Crippen LogP contribution in [0.3, 0.4) is 0 Å². The average molecular weight is 898 g/mol. The van der Waals surface area contributed by atoms with Gasteiger partial charge in [0.15, 0.2) is 23.3 Å². The van der Waals surface area contributed by atoms with Gasteiger partial charge in [0.05, 0.1) is 20.1 Å². The van der Waals surface area contributed by atoms with E-state index in [9.17, 15) is 0 Å².